The maximum Gasteiger partial charge on any atom is 0.315 e. The Labute approximate surface area is 611 Å². The molecule has 2 aromatic carbocycles. The van der Waals surface area contributed by atoms with Crippen LogP contribution in [-0.4, -0.2) is 190 Å². The van der Waals surface area contributed by atoms with Gasteiger partial charge in [0.2, 0.25) is 47.0 Å². The zero-order valence-corrected chi connectivity index (χ0v) is 63.5. The molecule has 26 nitrogen and oxygen atoms in total. The molecule has 3 saturated carbocycles. The molecule has 14 amide bonds. The molecular formula is C78H110N12O14. The largest absolute Gasteiger partial charge is 0.346 e. The number of fused-ring (bicyclic) bond motifs is 4. The molecule has 0 radical (unpaired) electrons. The highest BCUT2D eigenvalue weighted by atomic mass is 16.2. The number of imide groups is 2. The van der Waals surface area contributed by atoms with Crippen molar-refractivity contribution in [2.75, 3.05) is 39.3 Å². The van der Waals surface area contributed by atoms with E-state index in [1.54, 1.807) is 55.5 Å². The van der Waals surface area contributed by atoms with Gasteiger partial charge in [0.1, 0.15) is 24.2 Å². The molecule has 0 bridgehead atoms. The van der Waals surface area contributed by atoms with E-state index in [-0.39, 0.29) is 104 Å². The third kappa shape index (κ3) is 17.6. The smallest absolute Gasteiger partial charge is 0.315 e. The number of ketones is 2. The molecule has 0 spiro atoms. The number of hydrogen-bond donors (Lipinski definition) is 8. The van der Waals surface area contributed by atoms with Crippen LogP contribution in [0.25, 0.3) is 0 Å². The Morgan fingerprint density at radius 1 is 0.548 bits per heavy atom. The quantitative estimate of drug-likeness (QED) is 0.0325. The summed E-state index contributed by atoms with van der Waals surface area (Å²) in [4.78, 5) is 194. The van der Waals surface area contributed by atoms with E-state index in [1.165, 1.54) is 31.8 Å². The maximum atomic E-state index is 14.5. The molecule has 9 rings (SSSR count). The second-order valence-electron chi connectivity index (χ2n) is 34.0. The van der Waals surface area contributed by atoms with E-state index in [0.29, 0.717) is 41.8 Å². The average Bonchev–Trinajstić information content (AvgIpc) is 1.53. The highest BCUT2D eigenvalue weighted by Crippen LogP contribution is 2.66. The van der Waals surface area contributed by atoms with E-state index in [4.69, 9.17) is 0 Å². The van der Waals surface area contributed by atoms with Crippen molar-refractivity contribution in [1.82, 2.24) is 62.1 Å². The summed E-state index contributed by atoms with van der Waals surface area (Å²) < 4.78 is 0. The van der Waals surface area contributed by atoms with Crippen LogP contribution in [-0.2, 0) is 60.8 Å². The molecule has 26 heteroatoms. The molecule has 566 valence electrons. The predicted molar refractivity (Wildman–Crippen MR) is 389 cm³/mol. The summed E-state index contributed by atoms with van der Waals surface area (Å²) in [6.45, 7) is 38.0. The van der Waals surface area contributed by atoms with Crippen LogP contribution in [0, 0.1) is 62.6 Å². The zero-order chi connectivity index (χ0) is 77.2. The minimum absolute atomic E-state index is 0.0355. The lowest BCUT2D eigenvalue weighted by Crippen LogP contribution is -2.63. The molecule has 5 fully saturated rings. The first-order chi connectivity index (χ1) is 48.5. The van der Waals surface area contributed by atoms with Gasteiger partial charge in [0.15, 0.2) is 0 Å². The third-order valence-corrected chi connectivity index (χ3v) is 22.5. The molecule has 2 aromatic rings. The first-order valence-corrected chi connectivity index (χ1v) is 36.6. The Morgan fingerprint density at radius 2 is 0.952 bits per heavy atom. The van der Waals surface area contributed by atoms with Gasteiger partial charge in [-0.25, -0.2) is 9.59 Å². The van der Waals surface area contributed by atoms with Crippen LogP contribution in [0.4, 0.5) is 9.59 Å². The molecule has 8 N–H and O–H groups in total. The number of piperidine rings is 2. The molecule has 4 aliphatic heterocycles. The summed E-state index contributed by atoms with van der Waals surface area (Å²) in [5.41, 5.74) is -0.363. The summed E-state index contributed by atoms with van der Waals surface area (Å²) in [5.74, 6) is -6.78. The highest BCUT2D eigenvalue weighted by Gasteiger charge is 2.71. The fourth-order valence-corrected chi connectivity index (χ4v) is 15.4. The lowest BCUT2D eigenvalue weighted by atomic mass is 9.80. The van der Waals surface area contributed by atoms with Gasteiger partial charge in [0.25, 0.3) is 23.6 Å². The van der Waals surface area contributed by atoms with E-state index in [0.717, 1.165) is 19.3 Å². The summed E-state index contributed by atoms with van der Waals surface area (Å²) in [6, 6.07) is 5.32. The molecule has 0 aromatic heterocycles. The first-order valence-electron chi connectivity index (χ1n) is 36.6. The van der Waals surface area contributed by atoms with Gasteiger partial charge in [-0.2, -0.15) is 0 Å². The van der Waals surface area contributed by atoms with E-state index in [1.807, 2.05) is 90.0 Å². The van der Waals surface area contributed by atoms with Crippen molar-refractivity contribution in [2.24, 2.45) is 62.6 Å². The Bertz CT molecular complexity index is 3740. The molecular weight excluding hydrogens is 1330 g/mol. The standard InChI is InChI=1S/C40H56N6O7.C38H54N6O7/c1-9-17-41-35(50)32(48)27(18-23-13-12-14-23)42-34(49)31-30-26(40(30,7)8)20-46(31)37(52)33(39(4,5)6)44-38(53)43-28(22(2)3)21-45-29(47)19-24-15-10-11-16-25(24)36(45)51;1-11-17-39-32(48)29(46)24(12-2)40-31(47)28-27-23(38(27,9)10)19-44(28)34(50)30(37(6,7)8)42-35(51)41-25(36(3,4)5)20-43-26(45)18-21-15-13-14-16-22(21)33(43)49/h9-11,15-16,22-23,26-28,30-31,33H,1,12-14,17-21H2,2-8H3,(H,41,50)(H,42,49)(H2,43,44,53);11,13-16,23-25,27-28,30H,1,12,17-20H2,2-10H3,(H,39,48)(H,40,47)(H2,41,42,51)/t26-,27?,28+,30-,31-,33+;23-,24?,25+,27-,28-,30+/m00/s1. The number of likely N-dealkylation sites (tertiary alicyclic amines) is 2. The number of rotatable bonds is 26. The van der Waals surface area contributed by atoms with Crippen LogP contribution in [0.3, 0.4) is 0 Å². The van der Waals surface area contributed by atoms with Crippen LogP contribution in [0.5, 0.6) is 0 Å². The topological polar surface area (TPSA) is 348 Å². The second-order valence-corrected chi connectivity index (χ2v) is 34.0. The maximum absolute atomic E-state index is 14.5. The first kappa shape index (κ1) is 80.6. The summed E-state index contributed by atoms with van der Waals surface area (Å²) in [5, 5.41) is 22.1. The lowest BCUT2D eigenvalue weighted by Gasteiger charge is -2.39. The number of amides is 14. The van der Waals surface area contributed by atoms with Gasteiger partial charge in [-0.15, -0.1) is 13.2 Å². The zero-order valence-electron chi connectivity index (χ0n) is 63.5. The molecule has 12 atom stereocenters. The third-order valence-electron chi connectivity index (χ3n) is 22.5. The molecule has 2 unspecified atom stereocenters. The minimum Gasteiger partial charge on any atom is -0.346 e. The van der Waals surface area contributed by atoms with Crippen molar-refractivity contribution >= 4 is 82.7 Å². The molecule has 3 aliphatic carbocycles. The minimum atomic E-state index is -1.08. The fraction of sp³-hybridized carbons (Fsp3) is 0.615. The Morgan fingerprint density at radius 3 is 1.34 bits per heavy atom. The van der Waals surface area contributed by atoms with Crippen molar-refractivity contribution in [2.45, 2.75) is 204 Å². The number of Topliss-reactive ketones (excluding diaryl/α,β-unsaturated/α-hetero) is 2. The number of carbonyl (C=O) groups excluding carboxylic acids is 14. The van der Waals surface area contributed by atoms with E-state index < -0.39 is 135 Å². The lowest BCUT2D eigenvalue weighted by molar-refractivity contribution is -0.145. The SMILES string of the molecule is C=CCNC(=O)C(=O)C(CC)NC(=O)[C@@H]1[C@@H]2[C@H](CN1C(=O)[C@@H](NC(=O)N[C@H](CN1C(=O)Cc3ccccc3C1=O)C(C)(C)C)C(C)(C)C)C2(C)C.C=CCNC(=O)C(=O)C(CC1CCC1)NC(=O)[C@@H]1[C@@H]2[C@H](CN1C(=O)[C@@H](NC(=O)N[C@H](CN1C(=O)Cc3ccccc3C1=O)C(C)C)C(C)(C)C)C2(C)C. The van der Waals surface area contributed by atoms with Gasteiger partial charge in [0.05, 0.1) is 37.0 Å². The van der Waals surface area contributed by atoms with Crippen molar-refractivity contribution in [3.63, 3.8) is 0 Å². The van der Waals surface area contributed by atoms with E-state index in [9.17, 15) is 67.1 Å². The van der Waals surface area contributed by atoms with Crippen LogP contribution in [0.1, 0.15) is 175 Å². The normalized spacial score (nSPS) is 23.0. The van der Waals surface area contributed by atoms with Gasteiger partial charge in [0, 0.05) is 50.4 Å². The van der Waals surface area contributed by atoms with Crippen molar-refractivity contribution < 1.29 is 67.1 Å². The van der Waals surface area contributed by atoms with Crippen molar-refractivity contribution in [3.05, 3.63) is 96.1 Å². The molecule has 2 saturated heterocycles. The summed E-state index contributed by atoms with van der Waals surface area (Å²) in [6.07, 6.45) is 6.45. The van der Waals surface area contributed by atoms with Crippen LogP contribution >= 0.6 is 0 Å². The highest BCUT2D eigenvalue weighted by molar-refractivity contribution is 6.39. The number of benzene rings is 2. The Kier molecular flexibility index (Phi) is 24.6. The Hall–Kier alpha value is -9.10. The molecule has 104 heavy (non-hydrogen) atoms. The second kappa shape index (κ2) is 31.7. The monoisotopic (exact) mass is 1440 g/mol. The number of nitrogens with one attached hydrogen (secondary N) is 8. The number of urea groups is 2. The van der Waals surface area contributed by atoms with Crippen LogP contribution < -0.4 is 42.5 Å². The molecule has 7 aliphatic rings. The Balaban J connectivity index is 0.000000264. The number of hydrogen-bond acceptors (Lipinski definition) is 14. The summed E-state index contributed by atoms with van der Waals surface area (Å²) >= 11 is 0. The van der Waals surface area contributed by atoms with Gasteiger partial charge in [-0.3, -0.25) is 67.3 Å². The molecule has 4 heterocycles. The number of carbonyl (C=O) groups is 14. The van der Waals surface area contributed by atoms with Crippen LogP contribution in [0.15, 0.2) is 73.8 Å². The fourth-order valence-electron chi connectivity index (χ4n) is 15.4. The van der Waals surface area contributed by atoms with Crippen molar-refractivity contribution in [3.8, 4) is 0 Å². The van der Waals surface area contributed by atoms with E-state index >= 15 is 0 Å². The average molecular weight is 1440 g/mol. The predicted octanol–water partition coefficient (Wildman–Crippen LogP) is 5.57. The van der Waals surface area contributed by atoms with Gasteiger partial charge in [-0.05, 0) is 98.7 Å². The number of nitrogens with zero attached hydrogens (tertiary/aromatic N) is 4. The van der Waals surface area contributed by atoms with Crippen LogP contribution in [0.2, 0.25) is 0 Å². The van der Waals surface area contributed by atoms with Gasteiger partial charge < -0.3 is 52.3 Å². The van der Waals surface area contributed by atoms with E-state index in [2.05, 4.69) is 69.5 Å². The summed E-state index contributed by atoms with van der Waals surface area (Å²) in [7, 11) is 0. The van der Waals surface area contributed by atoms with Gasteiger partial charge >= 0.3 is 12.1 Å². The van der Waals surface area contributed by atoms with Gasteiger partial charge in [-0.1, -0.05) is 179 Å². The van der Waals surface area contributed by atoms with Crippen molar-refractivity contribution in [1.29, 1.82) is 0 Å².